The molecule has 1 heterocycles. The number of unbranched alkanes of at least 4 members (excludes halogenated alkanes) is 1. The van der Waals surface area contributed by atoms with Crippen LogP contribution in [0.15, 0.2) is 0 Å². The highest BCUT2D eigenvalue weighted by atomic mass is 16.2. The standard InChI is InChI=1S/C8H13N3O3/c12-5-9-4-2-1-3-6-7(13)11-8(14)10-6/h5-6H,1-4H2,(H,9,12)(H2,10,11,13,14). The maximum atomic E-state index is 11.0. The number of hydrogen-bond donors (Lipinski definition) is 3. The molecular formula is C8H13N3O3. The van der Waals surface area contributed by atoms with Crippen LogP contribution >= 0.6 is 0 Å². The minimum absolute atomic E-state index is 0.265. The molecule has 1 aliphatic rings. The van der Waals surface area contributed by atoms with E-state index in [-0.39, 0.29) is 5.91 Å². The monoisotopic (exact) mass is 199 g/mol. The Morgan fingerprint density at radius 3 is 2.71 bits per heavy atom. The molecule has 0 radical (unpaired) electrons. The van der Waals surface area contributed by atoms with Gasteiger partial charge in [0.05, 0.1) is 0 Å². The van der Waals surface area contributed by atoms with Gasteiger partial charge in [0.25, 0.3) is 5.91 Å². The van der Waals surface area contributed by atoms with Gasteiger partial charge in [-0.3, -0.25) is 14.9 Å². The van der Waals surface area contributed by atoms with Gasteiger partial charge >= 0.3 is 6.03 Å². The lowest BCUT2D eigenvalue weighted by Crippen LogP contribution is -2.28. The van der Waals surface area contributed by atoms with Gasteiger partial charge in [0, 0.05) is 6.54 Å². The van der Waals surface area contributed by atoms with E-state index in [1.54, 1.807) is 0 Å². The third-order valence-electron chi connectivity index (χ3n) is 2.01. The van der Waals surface area contributed by atoms with Crippen LogP contribution in [0.4, 0.5) is 4.79 Å². The minimum atomic E-state index is -0.425. The molecule has 6 heteroatoms. The Morgan fingerprint density at radius 1 is 1.36 bits per heavy atom. The average molecular weight is 199 g/mol. The van der Waals surface area contributed by atoms with Crippen molar-refractivity contribution >= 4 is 18.3 Å². The van der Waals surface area contributed by atoms with Crippen molar-refractivity contribution in [1.29, 1.82) is 0 Å². The lowest BCUT2D eigenvalue weighted by molar-refractivity contribution is -0.120. The lowest BCUT2D eigenvalue weighted by atomic mass is 10.1. The third kappa shape index (κ3) is 3.04. The number of rotatable bonds is 6. The van der Waals surface area contributed by atoms with E-state index < -0.39 is 12.1 Å². The van der Waals surface area contributed by atoms with E-state index >= 15 is 0 Å². The van der Waals surface area contributed by atoms with Crippen LogP contribution in [0.1, 0.15) is 19.3 Å². The normalized spacial score (nSPS) is 20.1. The van der Waals surface area contributed by atoms with Crippen LogP contribution in [0, 0.1) is 0 Å². The molecule has 0 aromatic carbocycles. The molecule has 0 bridgehead atoms. The first-order valence-electron chi connectivity index (χ1n) is 4.52. The van der Waals surface area contributed by atoms with E-state index in [1.807, 2.05) is 0 Å². The summed E-state index contributed by atoms with van der Waals surface area (Å²) in [7, 11) is 0. The average Bonchev–Trinajstić information content (AvgIpc) is 2.45. The Kier molecular flexibility index (Phi) is 3.90. The fraction of sp³-hybridized carbons (Fsp3) is 0.625. The van der Waals surface area contributed by atoms with Crippen LogP contribution in [0.5, 0.6) is 0 Å². The summed E-state index contributed by atoms with van der Waals surface area (Å²) < 4.78 is 0. The molecule has 78 valence electrons. The predicted molar refractivity (Wildman–Crippen MR) is 48.4 cm³/mol. The fourth-order valence-corrected chi connectivity index (χ4v) is 1.30. The summed E-state index contributed by atoms with van der Waals surface area (Å²) in [4.78, 5) is 31.6. The van der Waals surface area contributed by atoms with Gasteiger partial charge in [-0.05, 0) is 19.3 Å². The summed E-state index contributed by atoms with van der Waals surface area (Å²) in [5, 5.41) is 7.19. The van der Waals surface area contributed by atoms with E-state index in [0.29, 0.717) is 19.4 Å². The Bertz CT molecular complexity index is 242. The highest BCUT2D eigenvalue weighted by molar-refractivity contribution is 6.04. The Balaban J connectivity index is 2.09. The van der Waals surface area contributed by atoms with Crippen molar-refractivity contribution in [2.75, 3.05) is 6.54 Å². The second kappa shape index (κ2) is 5.21. The first-order valence-corrected chi connectivity index (χ1v) is 4.52. The van der Waals surface area contributed by atoms with E-state index in [4.69, 9.17) is 0 Å². The topological polar surface area (TPSA) is 87.3 Å². The number of carbonyl (C=O) groups is 3. The van der Waals surface area contributed by atoms with Crippen LogP contribution in [-0.4, -0.2) is 30.9 Å². The van der Waals surface area contributed by atoms with Crippen LogP contribution in [0.25, 0.3) is 0 Å². The molecule has 1 aliphatic heterocycles. The van der Waals surface area contributed by atoms with Crippen LogP contribution < -0.4 is 16.0 Å². The molecule has 3 N–H and O–H groups in total. The van der Waals surface area contributed by atoms with Crippen molar-refractivity contribution in [3.05, 3.63) is 0 Å². The number of nitrogens with one attached hydrogen (secondary N) is 3. The molecule has 14 heavy (non-hydrogen) atoms. The number of amides is 4. The predicted octanol–water partition coefficient (Wildman–Crippen LogP) is -0.889. The lowest BCUT2D eigenvalue weighted by Gasteiger charge is -2.05. The smallest absolute Gasteiger partial charge is 0.322 e. The summed E-state index contributed by atoms with van der Waals surface area (Å²) in [5.74, 6) is -0.265. The molecule has 1 rings (SSSR count). The molecule has 0 aromatic rings. The molecule has 1 fully saturated rings. The minimum Gasteiger partial charge on any atom is -0.359 e. The summed E-state index contributed by atoms with van der Waals surface area (Å²) in [6.07, 6.45) is 2.85. The quantitative estimate of drug-likeness (QED) is 0.294. The van der Waals surface area contributed by atoms with Gasteiger partial charge in [0.2, 0.25) is 6.41 Å². The van der Waals surface area contributed by atoms with Crippen molar-refractivity contribution in [1.82, 2.24) is 16.0 Å². The molecule has 6 nitrogen and oxygen atoms in total. The molecule has 1 saturated heterocycles. The summed E-state index contributed by atoms with van der Waals surface area (Å²) in [6.45, 7) is 0.603. The van der Waals surface area contributed by atoms with Gasteiger partial charge in [0.1, 0.15) is 6.04 Å². The van der Waals surface area contributed by atoms with Gasteiger partial charge in [-0.1, -0.05) is 0 Å². The molecule has 0 aromatic heterocycles. The van der Waals surface area contributed by atoms with Crippen molar-refractivity contribution in [3.63, 3.8) is 0 Å². The number of carbonyl (C=O) groups excluding carboxylic acids is 3. The molecular weight excluding hydrogens is 186 g/mol. The highest BCUT2D eigenvalue weighted by Gasteiger charge is 2.28. The third-order valence-corrected chi connectivity index (χ3v) is 2.01. The van der Waals surface area contributed by atoms with Crippen LogP contribution in [-0.2, 0) is 9.59 Å². The van der Waals surface area contributed by atoms with Gasteiger partial charge in [-0.25, -0.2) is 4.79 Å². The van der Waals surface area contributed by atoms with E-state index in [0.717, 1.165) is 12.8 Å². The van der Waals surface area contributed by atoms with Crippen molar-refractivity contribution in [2.45, 2.75) is 25.3 Å². The zero-order chi connectivity index (χ0) is 10.4. The first-order chi connectivity index (χ1) is 6.74. The Morgan fingerprint density at radius 2 is 2.14 bits per heavy atom. The van der Waals surface area contributed by atoms with Gasteiger partial charge in [-0.2, -0.15) is 0 Å². The summed E-state index contributed by atoms with van der Waals surface area (Å²) >= 11 is 0. The number of imide groups is 1. The molecule has 4 amide bonds. The van der Waals surface area contributed by atoms with Gasteiger partial charge < -0.3 is 10.6 Å². The first kappa shape index (κ1) is 10.5. The Hall–Kier alpha value is -1.59. The Labute approximate surface area is 81.4 Å². The maximum Gasteiger partial charge on any atom is 0.322 e. The van der Waals surface area contributed by atoms with Crippen LogP contribution in [0.2, 0.25) is 0 Å². The second-order valence-corrected chi connectivity index (χ2v) is 3.08. The molecule has 0 aliphatic carbocycles. The highest BCUT2D eigenvalue weighted by Crippen LogP contribution is 2.04. The second-order valence-electron chi connectivity index (χ2n) is 3.08. The van der Waals surface area contributed by atoms with E-state index in [9.17, 15) is 14.4 Å². The van der Waals surface area contributed by atoms with Crippen LogP contribution in [0.3, 0.4) is 0 Å². The van der Waals surface area contributed by atoms with Gasteiger partial charge in [0.15, 0.2) is 0 Å². The molecule has 0 saturated carbocycles. The van der Waals surface area contributed by atoms with E-state index in [2.05, 4.69) is 16.0 Å². The van der Waals surface area contributed by atoms with Crippen molar-refractivity contribution < 1.29 is 14.4 Å². The zero-order valence-electron chi connectivity index (χ0n) is 7.71. The number of hydrogen-bond acceptors (Lipinski definition) is 3. The summed E-state index contributed by atoms with van der Waals surface area (Å²) in [6, 6.07) is -0.829. The SMILES string of the molecule is O=CNCCCCC1NC(=O)NC1=O. The fourth-order valence-electron chi connectivity index (χ4n) is 1.30. The van der Waals surface area contributed by atoms with Gasteiger partial charge in [-0.15, -0.1) is 0 Å². The maximum absolute atomic E-state index is 11.0. The molecule has 1 atom stereocenters. The van der Waals surface area contributed by atoms with Crippen molar-refractivity contribution in [3.8, 4) is 0 Å². The summed E-state index contributed by atoms with van der Waals surface area (Å²) in [5.41, 5.74) is 0. The largest absolute Gasteiger partial charge is 0.359 e. The number of urea groups is 1. The van der Waals surface area contributed by atoms with E-state index in [1.165, 1.54) is 0 Å². The molecule has 1 unspecified atom stereocenters. The van der Waals surface area contributed by atoms with Crippen molar-refractivity contribution in [2.24, 2.45) is 0 Å². The molecule has 0 spiro atoms. The zero-order valence-corrected chi connectivity index (χ0v) is 7.71.